The molecule has 0 saturated carbocycles. The fourth-order valence-corrected chi connectivity index (χ4v) is 2.64. The Hall–Kier alpha value is -2.65. The molecule has 0 amide bonds. The minimum absolute atomic E-state index is 0.227. The Balaban J connectivity index is 1.50. The molecule has 0 fully saturated rings. The van der Waals surface area contributed by atoms with Gasteiger partial charge in [0.15, 0.2) is 0 Å². The van der Waals surface area contributed by atoms with Gasteiger partial charge in [-0.15, -0.1) is 0 Å². The van der Waals surface area contributed by atoms with E-state index >= 15 is 0 Å². The van der Waals surface area contributed by atoms with E-state index in [1.165, 1.54) is 28.8 Å². The van der Waals surface area contributed by atoms with Crippen LogP contribution in [0.2, 0.25) is 0 Å². The average Bonchev–Trinajstić information content (AvgIpc) is 2.63. The maximum absolute atomic E-state index is 12.9. The van der Waals surface area contributed by atoms with Gasteiger partial charge in [0.05, 0.1) is 0 Å². The van der Waals surface area contributed by atoms with Crippen LogP contribution in [0.5, 0.6) is 5.75 Å². The van der Waals surface area contributed by atoms with Gasteiger partial charge in [-0.2, -0.15) is 0 Å². The third-order valence-corrected chi connectivity index (χ3v) is 4.10. The Labute approximate surface area is 148 Å². The van der Waals surface area contributed by atoms with E-state index < -0.39 is 0 Å². The van der Waals surface area contributed by atoms with Crippen LogP contribution in [0.1, 0.15) is 22.3 Å². The summed E-state index contributed by atoms with van der Waals surface area (Å²) in [5.74, 6) is 0.612. The van der Waals surface area contributed by atoms with Crippen molar-refractivity contribution in [2.24, 2.45) is 0 Å². The molecule has 0 atom stereocenters. The summed E-state index contributed by atoms with van der Waals surface area (Å²) in [7, 11) is 0. The quantitative estimate of drug-likeness (QED) is 0.694. The predicted octanol–water partition coefficient (Wildman–Crippen LogP) is 3.98. The Kier molecular flexibility index (Phi) is 5.81. The highest BCUT2D eigenvalue weighted by Gasteiger charge is 2.01. The number of hydrogen-bond donors (Lipinski definition) is 1. The lowest BCUT2D eigenvalue weighted by Crippen LogP contribution is -2.80. The molecule has 0 heterocycles. The summed E-state index contributed by atoms with van der Waals surface area (Å²) in [6, 6.07) is 23.2. The van der Waals surface area contributed by atoms with Crippen molar-refractivity contribution in [1.29, 1.82) is 0 Å². The van der Waals surface area contributed by atoms with E-state index in [9.17, 15) is 4.39 Å². The number of nitrogens with two attached hydrogens (primary N) is 1. The highest BCUT2D eigenvalue weighted by molar-refractivity contribution is 5.28. The zero-order chi connectivity index (χ0) is 17.5. The van der Waals surface area contributed by atoms with Crippen molar-refractivity contribution in [2.75, 3.05) is 0 Å². The van der Waals surface area contributed by atoms with E-state index in [0.29, 0.717) is 6.61 Å². The van der Waals surface area contributed by atoms with Gasteiger partial charge >= 0.3 is 0 Å². The molecule has 0 aliphatic heterocycles. The van der Waals surface area contributed by atoms with Crippen LogP contribution in [-0.4, -0.2) is 0 Å². The summed E-state index contributed by atoms with van der Waals surface area (Å²) in [4.78, 5) is 0. The van der Waals surface area contributed by atoms with E-state index in [1.807, 2.05) is 12.1 Å². The topological polar surface area (TPSA) is 25.8 Å². The molecule has 3 aromatic carbocycles. The molecule has 0 radical (unpaired) electrons. The van der Waals surface area contributed by atoms with Crippen molar-refractivity contribution < 1.29 is 14.4 Å². The zero-order valence-corrected chi connectivity index (χ0v) is 14.4. The predicted molar refractivity (Wildman–Crippen MR) is 97.7 cm³/mol. The van der Waals surface area contributed by atoms with Gasteiger partial charge in [-0.1, -0.05) is 54.1 Å². The summed E-state index contributed by atoms with van der Waals surface area (Å²) in [5, 5.41) is 2.28. The molecule has 0 aliphatic rings. The first-order chi connectivity index (χ1) is 12.2. The molecule has 0 spiro atoms. The molecule has 3 rings (SSSR count). The third-order valence-electron chi connectivity index (χ3n) is 4.10. The summed E-state index contributed by atoms with van der Waals surface area (Å²) in [6.45, 7) is 4.41. The van der Waals surface area contributed by atoms with Crippen molar-refractivity contribution in [3.05, 3.63) is 101 Å². The maximum Gasteiger partial charge on any atom is 0.123 e. The van der Waals surface area contributed by atoms with E-state index in [-0.39, 0.29) is 5.82 Å². The summed E-state index contributed by atoms with van der Waals surface area (Å²) in [5.41, 5.74) is 4.80. The number of quaternary nitrogens is 1. The number of benzene rings is 3. The molecule has 0 aliphatic carbocycles. The van der Waals surface area contributed by atoms with Gasteiger partial charge in [0.2, 0.25) is 0 Å². The standard InChI is InChI=1S/C22H22FNO/c1-17-5-7-18(8-6-17)14-24-15-20-3-2-4-22(13-20)25-16-19-9-11-21(23)12-10-19/h2-13,24H,14-16H2,1H3/p+1. The lowest BCUT2D eigenvalue weighted by molar-refractivity contribution is -0.686. The number of ether oxygens (including phenoxy) is 1. The van der Waals surface area contributed by atoms with E-state index in [0.717, 1.165) is 24.4 Å². The number of halogens is 1. The van der Waals surface area contributed by atoms with Gasteiger partial charge in [0.25, 0.3) is 0 Å². The van der Waals surface area contributed by atoms with Crippen molar-refractivity contribution >= 4 is 0 Å². The molecule has 0 saturated heterocycles. The smallest absolute Gasteiger partial charge is 0.123 e. The summed E-state index contributed by atoms with van der Waals surface area (Å²) >= 11 is 0. The molecular weight excluding hydrogens is 313 g/mol. The van der Waals surface area contributed by atoms with Crippen LogP contribution < -0.4 is 10.1 Å². The zero-order valence-electron chi connectivity index (χ0n) is 14.4. The first kappa shape index (κ1) is 17.2. The number of aryl methyl sites for hydroxylation is 1. The molecule has 2 nitrogen and oxygen atoms in total. The average molecular weight is 336 g/mol. The monoisotopic (exact) mass is 336 g/mol. The van der Waals surface area contributed by atoms with Gasteiger partial charge in [-0.25, -0.2) is 4.39 Å². The lowest BCUT2D eigenvalue weighted by Gasteiger charge is -2.08. The number of hydrogen-bond acceptors (Lipinski definition) is 1. The Morgan fingerprint density at radius 1 is 0.800 bits per heavy atom. The normalized spacial score (nSPS) is 10.6. The van der Waals surface area contributed by atoms with Crippen LogP contribution in [-0.2, 0) is 19.7 Å². The molecule has 128 valence electrons. The molecule has 0 unspecified atom stereocenters. The maximum atomic E-state index is 12.9. The highest BCUT2D eigenvalue weighted by Crippen LogP contribution is 2.15. The molecule has 0 aromatic heterocycles. The minimum Gasteiger partial charge on any atom is -0.489 e. The van der Waals surface area contributed by atoms with Crippen LogP contribution in [0.25, 0.3) is 0 Å². The molecular formula is C22H23FNO+. The van der Waals surface area contributed by atoms with Gasteiger partial charge in [-0.3, -0.25) is 0 Å². The number of rotatable bonds is 7. The Morgan fingerprint density at radius 2 is 1.48 bits per heavy atom. The van der Waals surface area contributed by atoms with Crippen LogP contribution >= 0.6 is 0 Å². The van der Waals surface area contributed by atoms with Crippen molar-refractivity contribution in [2.45, 2.75) is 26.6 Å². The van der Waals surface area contributed by atoms with E-state index in [1.54, 1.807) is 12.1 Å². The molecule has 2 N–H and O–H groups in total. The fraction of sp³-hybridized carbons (Fsp3) is 0.182. The molecule has 3 aromatic rings. The largest absolute Gasteiger partial charge is 0.489 e. The van der Waals surface area contributed by atoms with Crippen LogP contribution in [0.4, 0.5) is 4.39 Å². The minimum atomic E-state index is -0.227. The SMILES string of the molecule is Cc1ccc(C[NH2+]Cc2cccc(OCc3ccc(F)cc3)c2)cc1. The summed E-state index contributed by atoms with van der Waals surface area (Å²) in [6.07, 6.45) is 0. The van der Waals surface area contributed by atoms with Crippen LogP contribution in [0.15, 0.2) is 72.8 Å². The van der Waals surface area contributed by atoms with Gasteiger partial charge in [0.1, 0.15) is 31.3 Å². The second-order valence-corrected chi connectivity index (χ2v) is 6.25. The van der Waals surface area contributed by atoms with E-state index in [4.69, 9.17) is 4.74 Å². The molecule has 25 heavy (non-hydrogen) atoms. The van der Waals surface area contributed by atoms with Crippen molar-refractivity contribution in [1.82, 2.24) is 0 Å². The van der Waals surface area contributed by atoms with Gasteiger partial charge in [0, 0.05) is 11.1 Å². The Bertz CT molecular complexity index is 797. The molecule has 3 heteroatoms. The second kappa shape index (κ2) is 8.45. The lowest BCUT2D eigenvalue weighted by atomic mass is 10.1. The van der Waals surface area contributed by atoms with Crippen LogP contribution in [0, 0.1) is 12.7 Å². The highest BCUT2D eigenvalue weighted by atomic mass is 19.1. The molecule has 0 bridgehead atoms. The Morgan fingerprint density at radius 3 is 2.24 bits per heavy atom. The third kappa shape index (κ3) is 5.44. The fourth-order valence-electron chi connectivity index (χ4n) is 2.64. The first-order valence-corrected chi connectivity index (χ1v) is 8.52. The van der Waals surface area contributed by atoms with Crippen molar-refractivity contribution in [3.8, 4) is 5.75 Å². The second-order valence-electron chi connectivity index (χ2n) is 6.25. The van der Waals surface area contributed by atoms with Gasteiger partial charge < -0.3 is 10.1 Å². The summed E-state index contributed by atoms with van der Waals surface area (Å²) < 4.78 is 18.7. The van der Waals surface area contributed by atoms with E-state index in [2.05, 4.69) is 48.6 Å². The van der Waals surface area contributed by atoms with Gasteiger partial charge in [-0.05, 0) is 36.8 Å². The first-order valence-electron chi connectivity index (χ1n) is 8.52. The van der Waals surface area contributed by atoms with Crippen molar-refractivity contribution in [3.63, 3.8) is 0 Å². The van der Waals surface area contributed by atoms with Crippen LogP contribution in [0.3, 0.4) is 0 Å².